The molecule has 0 fully saturated rings. The molecular weight excluding hydrogens is 404 g/mol. The highest BCUT2D eigenvalue weighted by atomic mass is 32.2. The van der Waals surface area contributed by atoms with E-state index in [1.165, 1.54) is 21.9 Å². The van der Waals surface area contributed by atoms with Crippen molar-refractivity contribution in [3.63, 3.8) is 0 Å². The van der Waals surface area contributed by atoms with Crippen molar-refractivity contribution in [3.8, 4) is 0 Å². The summed E-state index contributed by atoms with van der Waals surface area (Å²) in [4.78, 5) is 12.6. The fourth-order valence-electron chi connectivity index (χ4n) is 4.50. The molecule has 2 aliphatic rings. The Labute approximate surface area is 176 Å². The minimum Gasteiger partial charge on any atom is -0.390 e. The van der Waals surface area contributed by atoms with Crippen LogP contribution in [0.15, 0.2) is 17.2 Å². The molecule has 8 nitrogen and oxygen atoms in total. The number of aryl methyl sites for hydroxylation is 3. The number of amides is 2. The Hall–Kier alpha value is -2.39. The molecule has 3 N–H and O–H groups in total. The van der Waals surface area contributed by atoms with Gasteiger partial charge in [0.25, 0.3) is 10.0 Å². The lowest BCUT2D eigenvalue weighted by molar-refractivity contribution is 0.0789. The quantitative estimate of drug-likeness (QED) is 0.670. The van der Waals surface area contributed by atoms with Crippen LogP contribution in [0.25, 0.3) is 0 Å². The van der Waals surface area contributed by atoms with Gasteiger partial charge in [-0.25, -0.2) is 9.52 Å². The van der Waals surface area contributed by atoms with Crippen molar-refractivity contribution in [2.24, 2.45) is 7.05 Å². The van der Waals surface area contributed by atoms with Gasteiger partial charge in [-0.3, -0.25) is 4.68 Å². The molecule has 2 amide bonds. The first kappa shape index (κ1) is 20.9. The maximum atomic E-state index is 12.7. The molecule has 1 aromatic carbocycles. The third-order valence-electron chi connectivity index (χ3n) is 5.78. The van der Waals surface area contributed by atoms with Crippen molar-refractivity contribution in [1.29, 1.82) is 0 Å². The van der Waals surface area contributed by atoms with Crippen LogP contribution >= 0.6 is 0 Å². The number of fused-ring (bicyclic) bond motifs is 2. The van der Waals surface area contributed by atoms with Gasteiger partial charge in [0.05, 0.1) is 5.60 Å². The molecule has 0 aliphatic heterocycles. The molecule has 0 saturated carbocycles. The summed E-state index contributed by atoms with van der Waals surface area (Å²) in [6.07, 6.45) is 6.11. The number of hydrogen-bond acceptors (Lipinski definition) is 5. The molecule has 0 spiro atoms. The van der Waals surface area contributed by atoms with Crippen molar-refractivity contribution in [1.82, 2.24) is 14.5 Å². The van der Waals surface area contributed by atoms with E-state index in [0.717, 1.165) is 55.3 Å². The topological polar surface area (TPSA) is 113 Å². The third-order valence-corrected chi connectivity index (χ3v) is 6.99. The van der Waals surface area contributed by atoms with E-state index < -0.39 is 21.7 Å². The fourth-order valence-corrected chi connectivity index (χ4v) is 5.42. The maximum Gasteiger partial charge on any atom is 0.333 e. The molecule has 4 rings (SSSR count). The number of carbonyl (C=O) groups is 1. The van der Waals surface area contributed by atoms with Gasteiger partial charge in [-0.05, 0) is 74.6 Å². The Bertz CT molecular complexity index is 1080. The number of carbonyl (C=O) groups excluding carboxylic acids is 1. The van der Waals surface area contributed by atoms with Crippen LogP contribution < -0.4 is 10.0 Å². The maximum absolute atomic E-state index is 12.7. The lowest BCUT2D eigenvalue weighted by Crippen LogP contribution is -2.35. The van der Waals surface area contributed by atoms with Crippen molar-refractivity contribution >= 4 is 21.7 Å². The highest BCUT2D eigenvalue weighted by Gasteiger charge is 2.28. The molecule has 0 bridgehead atoms. The number of nitrogens with zero attached hydrogens (tertiary/aromatic N) is 2. The predicted octanol–water partition coefficient (Wildman–Crippen LogP) is 2.22. The van der Waals surface area contributed by atoms with Crippen LogP contribution in [0, 0.1) is 0 Å². The van der Waals surface area contributed by atoms with Crippen molar-refractivity contribution in [2.75, 3.05) is 5.32 Å². The van der Waals surface area contributed by atoms with Crippen molar-refractivity contribution in [2.45, 2.75) is 69.4 Å². The lowest BCUT2D eigenvalue weighted by atomic mass is 9.99. The van der Waals surface area contributed by atoms with E-state index in [1.54, 1.807) is 20.9 Å². The third kappa shape index (κ3) is 4.09. The van der Waals surface area contributed by atoms with E-state index in [4.69, 9.17) is 0 Å². The van der Waals surface area contributed by atoms with Gasteiger partial charge in [0, 0.05) is 30.9 Å². The van der Waals surface area contributed by atoms with Crippen molar-refractivity contribution < 1.29 is 18.3 Å². The van der Waals surface area contributed by atoms with Crippen LogP contribution in [-0.2, 0) is 49.2 Å². The summed E-state index contributed by atoms with van der Waals surface area (Å²) in [7, 11) is -2.53. The average Bonchev–Trinajstić information content (AvgIpc) is 3.33. The zero-order valence-corrected chi connectivity index (χ0v) is 18.4. The smallest absolute Gasteiger partial charge is 0.333 e. The van der Waals surface area contributed by atoms with Gasteiger partial charge < -0.3 is 10.4 Å². The molecule has 0 radical (unpaired) electrons. The Morgan fingerprint density at radius 3 is 2.30 bits per heavy atom. The molecule has 2 aliphatic carbocycles. The van der Waals surface area contributed by atoms with E-state index in [2.05, 4.69) is 21.2 Å². The molecule has 2 aromatic rings. The van der Waals surface area contributed by atoms with Gasteiger partial charge in [-0.2, -0.15) is 13.5 Å². The SMILES string of the molecule is Cn1nc(S(=O)(=O)NC(=O)Nc2c3c(cc4c2CCC4)CCC3)cc1CC(C)(C)O. The Balaban J connectivity index is 1.55. The van der Waals surface area contributed by atoms with Gasteiger partial charge in [-0.15, -0.1) is 0 Å². The molecular formula is C21H28N4O4S. The van der Waals surface area contributed by atoms with Gasteiger partial charge in [-0.1, -0.05) is 6.07 Å². The van der Waals surface area contributed by atoms with E-state index >= 15 is 0 Å². The molecule has 0 saturated heterocycles. The first-order valence-corrected chi connectivity index (χ1v) is 11.8. The first-order valence-electron chi connectivity index (χ1n) is 10.3. The molecule has 1 aromatic heterocycles. The highest BCUT2D eigenvalue weighted by Crippen LogP contribution is 2.38. The monoisotopic (exact) mass is 432 g/mol. The number of benzene rings is 1. The number of nitrogens with one attached hydrogen (secondary N) is 2. The molecule has 0 unspecified atom stereocenters. The van der Waals surface area contributed by atoms with Crippen LogP contribution in [0.3, 0.4) is 0 Å². The molecule has 1 heterocycles. The standard InChI is InChI=1S/C21H28N4O4S/c1-21(2,27)12-15-11-18(23-25(15)3)30(28,29)24-20(26)22-19-16-8-4-6-13(16)10-14-7-5-9-17(14)19/h10-11,27H,4-9,12H2,1-3H3,(H2,22,24,26). The van der Waals surface area contributed by atoms with Crippen LogP contribution in [0.2, 0.25) is 0 Å². The van der Waals surface area contributed by atoms with E-state index in [1.807, 2.05) is 0 Å². The molecule has 0 atom stereocenters. The predicted molar refractivity (Wildman–Crippen MR) is 113 cm³/mol. The van der Waals surface area contributed by atoms with Gasteiger partial charge in [0.15, 0.2) is 5.03 Å². The number of aliphatic hydroxyl groups is 1. The summed E-state index contributed by atoms with van der Waals surface area (Å²) >= 11 is 0. The Kier molecular flexibility index (Phi) is 5.14. The number of anilines is 1. The van der Waals surface area contributed by atoms with Crippen LogP contribution in [0.4, 0.5) is 10.5 Å². The highest BCUT2D eigenvalue weighted by molar-refractivity contribution is 7.90. The van der Waals surface area contributed by atoms with E-state index in [0.29, 0.717) is 5.69 Å². The molecule has 30 heavy (non-hydrogen) atoms. The number of urea groups is 1. The van der Waals surface area contributed by atoms with Crippen LogP contribution in [0.1, 0.15) is 54.6 Å². The minimum atomic E-state index is -4.14. The average molecular weight is 433 g/mol. The normalized spacial score (nSPS) is 15.7. The summed E-state index contributed by atoms with van der Waals surface area (Å²) in [5.74, 6) is 0. The summed E-state index contributed by atoms with van der Waals surface area (Å²) < 4.78 is 28.9. The number of sulfonamides is 1. The van der Waals surface area contributed by atoms with Crippen LogP contribution in [-0.4, -0.2) is 34.9 Å². The fraction of sp³-hybridized carbons (Fsp3) is 0.524. The summed E-state index contributed by atoms with van der Waals surface area (Å²) in [5, 5.41) is 16.6. The van der Waals surface area contributed by atoms with E-state index in [9.17, 15) is 18.3 Å². The lowest BCUT2D eigenvalue weighted by Gasteiger charge is -2.16. The van der Waals surface area contributed by atoms with Gasteiger partial charge in [0.1, 0.15) is 0 Å². The minimum absolute atomic E-state index is 0.237. The second kappa shape index (κ2) is 7.39. The summed E-state index contributed by atoms with van der Waals surface area (Å²) in [5.41, 5.74) is 5.12. The second-order valence-corrected chi connectivity index (χ2v) is 10.5. The van der Waals surface area contributed by atoms with Crippen molar-refractivity contribution in [3.05, 3.63) is 40.1 Å². The number of aromatic nitrogens is 2. The largest absolute Gasteiger partial charge is 0.390 e. The molecule has 162 valence electrons. The Morgan fingerprint density at radius 1 is 1.13 bits per heavy atom. The molecule has 9 heteroatoms. The second-order valence-electron chi connectivity index (χ2n) is 8.88. The Morgan fingerprint density at radius 2 is 1.73 bits per heavy atom. The van der Waals surface area contributed by atoms with Gasteiger partial charge in [0.2, 0.25) is 0 Å². The number of hydrogen-bond donors (Lipinski definition) is 3. The summed E-state index contributed by atoms with van der Waals surface area (Å²) in [6, 6.07) is 2.85. The first-order chi connectivity index (χ1) is 14.0. The number of rotatable bonds is 5. The van der Waals surface area contributed by atoms with Gasteiger partial charge >= 0.3 is 6.03 Å². The van der Waals surface area contributed by atoms with Crippen LogP contribution in [0.5, 0.6) is 0 Å². The van der Waals surface area contributed by atoms with E-state index in [-0.39, 0.29) is 11.4 Å². The zero-order chi connectivity index (χ0) is 21.7. The zero-order valence-electron chi connectivity index (χ0n) is 17.6. The summed E-state index contributed by atoms with van der Waals surface area (Å²) in [6.45, 7) is 3.27.